The van der Waals surface area contributed by atoms with Gasteiger partial charge in [-0.05, 0) is 90.1 Å². The van der Waals surface area contributed by atoms with E-state index < -0.39 is 0 Å². The second-order valence-electron chi connectivity index (χ2n) is 7.08. The second kappa shape index (κ2) is 9.54. The molecule has 1 aliphatic carbocycles. The van der Waals surface area contributed by atoms with Crippen molar-refractivity contribution in [3.63, 3.8) is 0 Å². The first kappa shape index (κ1) is 19.4. The van der Waals surface area contributed by atoms with E-state index in [0.29, 0.717) is 1.93 Å². The quantitative estimate of drug-likeness (QED) is 0.292. The summed E-state index contributed by atoms with van der Waals surface area (Å²) in [6.45, 7) is 2.13. The normalized spacial score (nSPS) is 22.2. The summed E-state index contributed by atoms with van der Waals surface area (Å²) in [5, 5.41) is 0. The number of hydrogen-bond acceptors (Lipinski definition) is 0. The van der Waals surface area contributed by atoms with E-state index in [-0.39, 0.29) is 0 Å². The summed E-state index contributed by atoms with van der Waals surface area (Å²) in [5.74, 6) is 1.67. The van der Waals surface area contributed by atoms with Crippen LogP contribution < -0.4 is 22.6 Å². The SMILES string of the molecule is CC=CCC1CCC(c2ccc(-c3ccc(C(I)[IH+])cc3)cc2)CC1. The van der Waals surface area contributed by atoms with E-state index >= 15 is 0 Å². The molecular weight excluding hydrogens is 530 g/mol. The molecule has 25 heavy (non-hydrogen) atoms. The van der Waals surface area contributed by atoms with E-state index in [1.165, 1.54) is 54.4 Å². The van der Waals surface area contributed by atoms with Crippen molar-refractivity contribution in [3.8, 4) is 11.1 Å². The van der Waals surface area contributed by atoms with Crippen LogP contribution in [0.3, 0.4) is 0 Å². The number of alkyl halides is 2. The molecule has 0 spiro atoms. The van der Waals surface area contributed by atoms with Crippen molar-refractivity contribution in [2.75, 3.05) is 0 Å². The maximum atomic E-state index is 2.47. The van der Waals surface area contributed by atoms with Crippen LogP contribution in [0.5, 0.6) is 0 Å². The van der Waals surface area contributed by atoms with E-state index in [2.05, 4.69) is 113 Å². The first-order valence-electron chi connectivity index (χ1n) is 9.28. The predicted octanol–water partition coefficient (Wildman–Crippen LogP) is 4.31. The van der Waals surface area contributed by atoms with E-state index in [9.17, 15) is 0 Å². The fourth-order valence-electron chi connectivity index (χ4n) is 3.83. The van der Waals surface area contributed by atoms with Gasteiger partial charge in [-0.15, -0.1) is 0 Å². The molecule has 1 aliphatic rings. The zero-order valence-electron chi connectivity index (χ0n) is 14.8. The highest BCUT2D eigenvalue weighted by Gasteiger charge is 2.21. The number of halogens is 2. The van der Waals surface area contributed by atoms with Gasteiger partial charge in [0, 0.05) is 5.56 Å². The molecule has 1 saturated carbocycles. The Balaban J connectivity index is 1.63. The van der Waals surface area contributed by atoms with E-state index in [4.69, 9.17) is 0 Å². The average Bonchev–Trinajstić information content (AvgIpc) is 2.67. The lowest BCUT2D eigenvalue weighted by molar-refractivity contribution is -0.383. The molecule has 1 unspecified atom stereocenters. The third kappa shape index (κ3) is 5.31. The molecule has 3 rings (SSSR count). The lowest BCUT2D eigenvalue weighted by atomic mass is 9.77. The van der Waals surface area contributed by atoms with Crippen molar-refractivity contribution >= 4 is 22.6 Å². The van der Waals surface area contributed by atoms with Gasteiger partial charge >= 0.3 is 0 Å². The second-order valence-corrected chi connectivity index (χ2v) is 12.3. The monoisotopic (exact) mass is 557 g/mol. The topological polar surface area (TPSA) is 0 Å². The van der Waals surface area contributed by atoms with Crippen LogP contribution in [0.25, 0.3) is 11.1 Å². The van der Waals surface area contributed by atoms with E-state index in [1.807, 2.05) is 0 Å². The molecule has 0 N–H and O–H groups in total. The van der Waals surface area contributed by atoms with Gasteiger partial charge in [-0.25, -0.2) is 0 Å². The Morgan fingerprint density at radius 2 is 1.52 bits per heavy atom. The van der Waals surface area contributed by atoms with Gasteiger partial charge in [0.15, 0.2) is 0 Å². The van der Waals surface area contributed by atoms with Gasteiger partial charge in [0.1, 0.15) is 0 Å². The minimum absolute atomic E-state index is 0.577. The summed E-state index contributed by atoms with van der Waals surface area (Å²) in [7, 11) is 0. The summed E-state index contributed by atoms with van der Waals surface area (Å²) in [4.78, 5) is 0. The van der Waals surface area contributed by atoms with Crippen molar-refractivity contribution in [2.45, 2.75) is 46.9 Å². The van der Waals surface area contributed by atoms with Gasteiger partial charge in [-0.2, -0.15) is 0 Å². The lowest BCUT2D eigenvalue weighted by Crippen LogP contribution is -3.34. The molecule has 1 atom stereocenters. The summed E-state index contributed by atoms with van der Waals surface area (Å²) in [6, 6.07) is 18.4. The molecule has 2 aromatic rings. The van der Waals surface area contributed by atoms with Gasteiger partial charge in [0.25, 0.3) is 22.6 Å². The smallest absolute Gasteiger partial charge is 0.0917 e. The summed E-state index contributed by atoms with van der Waals surface area (Å²) in [6.07, 6.45) is 11.3. The zero-order valence-corrected chi connectivity index (χ0v) is 19.3. The molecular formula is C23H27I2+. The van der Waals surface area contributed by atoms with Crippen molar-refractivity contribution < 1.29 is 22.6 Å². The first-order valence-corrected chi connectivity index (χ1v) is 11.9. The number of hydrogen-bond donors (Lipinski definition) is 0. The maximum absolute atomic E-state index is 2.47. The average molecular weight is 557 g/mol. The summed E-state index contributed by atoms with van der Waals surface area (Å²) < 4.78 is 0.577. The van der Waals surface area contributed by atoms with Crippen LogP contribution in [0.2, 0.25) is 0 Å². The fourth-order valence-corrected chi connectivity index (χ4v) is 4.70. The minimum Gasteiger partial charge on any atom is -0.0917 e. The molecule has 0 radical (unpaired) electrons. The van der Waals surface area contributed by atoms with Crippen LogP contribution in [0.15, 0.2) is 60.7 Å². The Kier molecular flexibility index (Phi) is 7.40. The predicted molar refractivity (Wildman–Crippen MR) is 114 cm³/mol. The standard InChI is InChI=1S/C23H27I2/c1-2-3-4-17-5-7-18(8-6-17)19-9-11-20(12-10-19)21-13-15-22(16-14-21)23(24)25/h2-3,9-18,23-24H,4-8H2,1H3/q+1. The Bertz CT molecular complexity index is 675. The van der Waals surface area contributed by atoms with Gasteiger partial charge in [0.05, 0.1) is 0 Å². The number of benzene rings is 2. The third-order valence-electron chi connectivity index (χ3n) is 5.44. The molecule has 2 aromatic carbocycles. The Morgan fingerprint density at radius 3 is 2.04 bits per heavy atom. The molecule has 2 heteroatoms. The van der Waals surface area contributed by atoms with Crippen LogP contribution in [0, 0.1) is 5.92 Å². The van der Waals surface area contributed by atoms with Crippen molar-refractivity contribution in [2.24, 2.45) is 5.92 Å². The first-order chi connectivity index (χ1) is 12.2. The van der Waals surface area contributed by atoms with Crippen LogP contribution in [0.1, 0.15) is 58.0 Å². The Labute approximate surface area is 179 Å². The fraction of sp³-hybridized carbons (Fsp3) is 0.391. The maximum Gasteiger partial charge on any atom is 0.272 e. The molecule has 132 valence electrons. The Morgan fingerprint density at radius 1 is 0.960 bits per heavy atom. The molecule has 0 nitrogen and oxygen atoms in total. The van der Waals surface area contributed by atoms with Crippen LogP contribution in [-0.4, -0.2) is 0 Å². The van der Waals surface area contributed by atoms with Crippen LogP contribution in [-0.2, 0) is 0 Å². The molecule has 0 bridgehead atoms. The van der Waals surface area contributed by atoms with Crippen molar-refractivity contribution in [1.29, 1.82) is 0 Å². The molecule has 1 fully saturated rings. The lowest BCUT2D eigenvalue weighted by Gasteiger charge is -2.28. The van der Waals surface area contributed by atoms with Gasteiger partial charge in [-0.1, -0.05) is 60.7 Å². The highest BCUT2D eigenvalue weighted by atomic mass is 127. The number of allylic oxidation sites excluding steroid dienone is 2. The molecule has 0 aromatic heterocycles. The minimum atomic E-state index is 0.577. The molecule has 0 saturated heterocycles. The molecule has 0 heterocycles. The third-order valence-corrected chi connectivity index (χ3v) is 6.94. The van der Waals surface area contributed by atoms with E-state index in [0.717, 1.165) is 11.8 Å². The Hall–Kier alpha value is -0.360. The molecule has 0 amide bonds. The highest BCUT2D eigenvalue weighted by Crippen LogP contribution is 2.37. The molecule has 0 aliphatic heterocycles. The zero-order chi connectivity index (χ0) is 17.6. The van der Waals surface area contributed by atoms with Gasteiger partial charge in [0.2, 0.25) is 1.93 Å². The van der Waals surface area contributed by atoms with Crippen molar-refractivity contribution in [3.05, 3.63) is 71.8 Å². The van der Waals surface area contributed by atoms with Crippen molar-refractivity contribution in [1.82, 2.24) is 0 Å². The largest absolute Gasteiger partial charge is 0.272 e. The number of rotatable bonds is 5. The van der Waals surface area contributed by atoms with Gasteiger partial charge < -0.3 is 0 Å². The van der Waals surface area contributed by atoms with Gasteiger partial charge in [-0.3, -0.25) is 0 Å². The summed E-state index contributed by atoms with van der Waals surface area (Å²) in [5.41, 5.74) is 5.59. The van der Waals surface area contributed by atoms with E-state index in [1.54, 1.807) is 0 Å². The van der Waals surface area contributed by atoms with Crippen LogP contribution >= 0.6 is 22.6 Å². The summed E-state index contributed by atoms with van der Waals surface area (Å²) >= 11 is 4.63. The van der Waals surface area contributed by atoms with Crippen LogP contribution in [0.4, 0.5) is 0 Å². The highest BCUT2D eigenvalue weighted by molar-refractivity contribution is 14.1.